The number of nitrogens with zero attached hydrogens (tertiary/aromatic N) is 2. The largest absolute Gasteiger partial charge is 0.461 e. The van der Waals surface area contributed by atoms with Crippen molar-refractivity contribution in [2.45, 2.75) is 70.2 Å². The number of hydrogen-bond acceptors (Lipinski definition) is 6. The lowest BCUT2D eigenvalue weighted by Crippen LogP contribution is -2.14. The molecular weight excluding hydrogens is 610 g/mol. The Labute approximate surface area is 267 Å². The molecule has 0 radical (unpaired) electrons. The Kier molecular flexibility index (Phi) is 8.96. The van der Waals surface area contributed by atoms with Gasteiger partial charge in [0.15, 0.2) is 5.69 Å². The number of carbonyl (C=O) groups excluding carboxylic acids is 1. The van der Waals surface area contributed by atoms with E-state index in [1.54, 1.807) is 13.0 Å². The molecule has 45 heavy (non-hydrogen) atoms. The van der Waals surface area contributed by atoms with E-state index in [-0.39, 0.29) is 6.61 Å². The second-order valence-electron chi connectivity index (χ2n) is 11.8. The van der Waals surface area contributed by atoms with E-state index in [0.29, 0.717) is 36.1 Å². The van der Waals surface area contributed by atoms with E-state index in [0.717, 1.165) is 70.1 Å². The van der Waals surface area contributed by atoms with Gasteiger partial charge >= 0.3 is 5.97 Å². The van der Waals surface area contributed by atoms with E-state index in [4.69, 9.17) is 14.9 Å². The molecule has 0 aliphatic heterocycles. The maximum atomic E-state index is 15.0. The van der Waals surface area contributed by atoms with Crippen LogP contribution in [0, 0.1) is 29.5 Å². The molecule has 2 aliphatic carbocycles. The van der Waals surface area contributed by atoms with Crippen LogP contribution in [0.3, 0.4) is 0 Å². The monoisotopic (exact) mass is 645 g/mol. The first-order valence-corrected chi connectivity index (χ1v) is 17.8. The Morgan fingerprint density at radius 3 is 2.58 bits per heavy atom. The fraction of sp³-hybridized carbons (Fsp3) is 0.371. The van der Waals surface area contributed by atoms with Crippen LogP contribution in [0.25, 0.3) is 21.8 Å². The first kappa shape index (κ1) is 31.2. The molecule has 0 saturated heterocycles. The number of sulfonamides is 1. The third kappa shape index (κ3) is 6.91. The van der Waals surface area contributed by atoms with Gasteiger partial charge in [0.05, 0.1) is 6.61 Å². The lowest BCUT2D eigenvalue weighted by Gasteiger charge is -2.18. The molecule has 2 aromatic heterocycles. The third-order valence-corrected chi connectivity index (χ3v) is 10.6. The zero-order valence-corrected chi connectivity index (χ0v) is 27.1. The summed E-state index contributed by atoms with van der Waals surface area (Å²) in [5.41, 5.74) is 5.71. The van der Waals surface area contributed by atoms with Gasteiger partial charge in [-0.3, -0.25) is 0 Å². The number of rotatable bonds is 10. The van der Waals surface area contributed by atoms with Crippen molar-refractivity contribution < 1.29 is 22.3 Å². The van der Waals surface area contributed by atoms with Crippen LogP contribution in [0.15, 0.2) is 53.4 Å². The lowest BCUT2D eigenvalue weighted by molar-refractivity contribution is 0.0519. The number of primary sulfonamides is 1. The fourth-order valence-electron chi connectivity index (χ4n) is 5.63. The SMILES string of the molecule is CCOC(=O)c1nc(-c2cc(-c3cccc(C#CC4CCC4)c3)n(Cc3ccc(S(N)(=O)=O)c(F)c3)c2CC2CC2)sc1CC. The Morgan fingerprint density at radius 2 is 1.93 bits per heavy atom. The van der Waals surface area contributed by atoms with Crippen molar-refractivity contribution in [3.63, 3.8) is 0 Å². The Hall–Kier alpha value is -3.78. The van der Waals surface area contributed by atoms with Gasteiger partial charge in [0.2, 0.25) is 10.0 Å². The molecule has 0 bridgehead atoms. The van der Waals surface area contributed by atoms with Crippen LogP contribution in [0.1, 0.15) is 78.1 Å². The van der Waals surface area contributed by atoms with E-state index >= 15 is 0 Å². The number of carbonyl (C=O) groups is 1. The molecule has 0 spiro atoms. The smallest absolute Gasteiger partial charge is 0.358 e. The number of hydrogen-bond donors (Lipinski definition) is 1. The molecule has 234 valence electrons. The number of nitrogens with two attached hydrogens (primary N) is 1. The van der Waals surface area contributed by atoms with Crippen LogP contribution in [0.4, 0.5) is 4.39 Å². The molecule has 2 aliphatic rings. The van der Waals surface area contributed by atoms with Crippen molar-refractivity contribution in [3.05, 3.63) is 81.7 Å². The van der Waals surface area contributed by atoms with Gasteiger partial charge in [0.1, 0.15) is 15.7 Å². The molecule has 0 amide bonds. The maximum absolute atomic E-state index is 15.0. The molecule has 2 N–H and O–H groups in total. The van der Waals surface area contributed by atoms with Gasteiger partial charge < -0.3 is 9.30 Å². The maximum Gasteiger partial charge on any atom is 0.358 e. The summed E-state index contributed by atoms with van der Waals surface area (Å²) in [4.78, 5) is 17.9. The summed E-state index contributed by atoms with van der Waals surface area (Å²) >= 11 is 1.49. The first-order chi connectivity index (χ1) is 21.6. The number of thiazole rings is 1. The minimum Gasteiger partial charge on any atom is -0.461 e. The minimum atomic E-state index is -4.19. The second-order valence-corrected chi connectivity index (χ2v) is 14.4. The predicted octanol–water partition coefficient (Wildman–Crippen LogP) is 6.96. The fourth-order valence-corrected chi connectivity index (χ4v) is 7.24. The van der Waals surface area contributed by atoms with Crippen molar-refractivity contribution >= 4 is 27.3 Å². The summed E-state index contributed by atoms with van der Waals surface area (Å²) in [6.45, 7) is 4.34. The average molecular weight is 646 g/mol. The normalized spacial score (nSPS) is 14.9. The van der Waals surface area contributed by atoms with Crippen LogP contribution < -0.4 is 5.14 Å². The number of esters is 1. The average Bonchev–Trinajstić information content (AvgIpc) is 3.58. The molecule has 0 unspecified atom stereocenters. The topological polar surface area (TPSA) is 104 Å². The van der Waals surface area contributed by atoms with Crippen LogP contribution in [0.2, 0.25) is 0 Å². The van der Waals surface area contributed by atoms with Crippen molar-refractivity contribution in [1.29, 1.82) is 0 Å². The highest BCUT2D eigenvalue weighted by Crippen LogP contribution is 2.42. The highest BCUT2D eigenvalue weighted by atomic mass is 32.2. The molecule has 6 rings (SSSR count). The lowest BCUT2D eigenvalue weighted by atomic mass is 9.86. The van der Waals surface area contributed by atoms with Crippen molar-refractivity contribution in [2.75, 3.05) is 6.61 Å². The summed E-state index contributed by atoms with van der Waals surface area (Å²) in [6.07, 6.45) is 7.20. The van der Waals surface area contributed by atoms with E-state index in [1.165, 1.54) is 29.9 Å². The van der Waals surface area contributed by atoms with Crippen molar-refractivity contribution in [1.82, 2.24) is 9.55 Å². The Balaban J connectivity index is 1.50. The molecule has 7 nitrogen and oxygen atoms in total. The second kappa shape index (κ2) is 12.9. The van der Waals surface area contributed by atoms with E-state index in [2.05, 4.69) is 28.5 Å². The van der Waals surface area contributed by atoms with Gasteiger partial charge in [-0.2, -0.15) is 0 Å². The Morgan fingerprint density at radius 1 is 1.13 bits per heavy atom. The number of ether oxygens (including phenoxy) is 1. The minimum absolute atomic E-state index is 0.267. The third-order valence-electron chi connectivity index (χ3n) is 8.43. The highest BCUT2D eigenvalue weighted by Gasteiger charge is 2.29. The van der Waals surface area contributed by atoms with Crippen molar-refractivity contribution in [3.8, 4) is 33.7 Å². The van der Waals surface area contributed by atoms with Gasteiger partial charge in [-0.25, -0.2) is 27.7 Å². The first-order valence-electron chi connectivity index (χ1n) is 15.5. The van der Waals surface area contributed by atoms with Gasteiger partial charge in [-0.15, -0.1) is 11.3 Å². The summed E-state index contributed by atoms with van der Waals surface area (Å²) in [7, 11) is -4.19. The van der Waals surface area contributed by atoms with Crippen molar-refractivity contribution in [2.24, 2.45) is 17.0 Å². The van der Waals surface area contributed by atoms with Crippen LogP contribution in [-0.2, 0) is 34.1 Å². The number of halogens is 1. The molecule has 2 aromatic carbocycles. The summed E-state index contributed by atoms with van der Waals surface area (Å²) in [6, 6.07) is 14.3. The van der Waals surface area contributed by atoms with Gasteiger partial charge in [0.25, 0.3) is 0 Å². The standard InChI is InChI=1S/C35H36FN3O4S2/c1-3-31-33(35(40)43-4-2)38-34(44-31)27-20-29(26-10-6-9-23(17-26)12-11-22-7-5-8-22)39(30(27)19-24-13-14-24)21-25-15-16-32(28(36)18-25)45(37,41)42/h6,9-10,15-18,20,22,24H,3-5,7-8,13-14,19,21H2,1-2H3,(H2,37,41,42). The summed E-state index contributed by atoms with van der Waals surface area (Å²) in [5, 5.41) is 5.97. The predicted molar refractivity (Wildman–Crippen MR) is 174 cm³/mol. The van der Waals surface area contributed by atoms with E-state index in [9.17, 15) is 17.6 Å². The van der Waals surface area contributed by atoms with E-state index in [1.807, 2.05) is 25.1 Å². The van der Waals surface area contributed by atoms with Crippen LogP contribution in [-0.4, -0.2) is 30.5 Å². The molecule has 2 heterocycles. The van der Waals surface area contributed by atoms with Gasteiger partial charge in [-0.05, 0) is 92.8 Å². The summed E-state index contributed by atoms with van der Waals surface area (Å²) in [5.74, 6) is 6.41. The number of benzene rings is 2. The quantitative estimate of drug-likeness (QED) is 0.148. The van der Waals surface area contributed by atoms with Gasteiger partial charge in [0, 0.05) is 39.9 Å². The zero-order chi connectivity index (χ0) is 31.7. The zero-order valence-electron chi connectivity index (χ0n) is 25.4. The molecule has 2 fully saturated rings. The number of aromatic nitrogens is 2. The van der Waals surface area contributed by atoms with Gasteiger partial charge in [-0.1, -0.05) is 43.4 Å². The molecular formula is C35H36FN3O4S2. The Bertz CT molecular complexity index is 1930. The number of aryl methyl sites for hydroxylation is 1. The molecule has 10 heteroatoms. The summed E-state index contributed by atoms with van der Waals surface area (Å²) < 4.78 is 46.2. The van der Waals surface area contributed by atoms with Crippen LogP contribution in [0.5, 0.6) is 0 Å². The molecule has 4 aromatic rings. The molecule has 0 atom stereocenters. The molecule has 2 saturated carbocycles. The highest BCUT2D eigenvalue weighted by molar-refractivity contribution is 7.89. The van der Waals surface area contributed by atoms with E-state index < -0.39 is 26.7 Å². The van der Waals surface area contributed by atoms with Crippen LogP contribution >= 0.6 is 11.3 Å².